The topological polar surface area (TPSA) is 68.0 Å². The van der Waals surface area contributed by atoms with Gasteiger partial charge in [-0.05, 0) is 63.1 Å². The molecule has 1 aromatic rings. The summed E-state index contributed by atoms with van der Waals surface area (Å²) >= 11 is 0. The van der Waals surface area contributed by atoms with Crippen LogP contribution < -0.4 is 11.0 Å². The molecule has 1 saturated heterocycles. The van der Waals surface area contributed by atoms with Gasteiger partial charge >= 0.3 is 5.69 Å². The molecule has 0 amide bonds. The summed E-state index contributed by atoms with van der Waals surface area (Å²) in [6, 6.07) is 11.1. The van der Waals surface area contributed by atoms with Gasteiger partial charge in [-0.15, -0.1) is 24.8 Å². The van der Waals surface area contributed by atoms with Gasteiger partial charge in [0.15, 0.2) is 5.82 Å². The average Bonchev–Trinajstić information content (AvgIpc) is 3.63. The molecule has 5 aliphatic rings. The largest absolute Gasteiger partial charge is 0.364 e. The van der Waals surface area contributed by atoms with Crippen LogP contribution in [-0.2, 0) is 19.5 Å². The number of nitrogens with zero attached hydrogens (tertiary/aromatic N) is 5. The van der Waals surface area contributed by atoms with Crippen molar-refractivity contribution in [3.05, 3.63) is 52.2 Å². The molecule has 1 aliphatic carbocycles. The van der Waals surface area contributed by atoms with Gasteiger partial charge in [-0.25, -0.2) is 14.8 Å². The second kappa shape index (κ2) is 12.2. The number of fused-ring (bicyclic) bond motifs is 3. The predicted molar refractivity (Wildman–Crippen MR) is 154 cm³/mol. The molecule has 1 N–H and O–H groups in total. The zero-order chi connectivity index (χ0) is 23.8. The van der Waals surface area contributed by atoms with E-state index in [-0.39, 0.29) is 36.5 Å². The number of hydrogen-bond acceptors (Lipinski definition) is 5. The number of likely N-dealkylation sites (tertiary alicyclic amines) is 1. The average molecular weight is 548 g/mol. The number of halogens is 2. The van der Waals surface area contributed by atoms with Crippen molar-refractivity contribution in [1.29, 1.82) is 0 Å². The zero-order valence-corrected chi connectivity index (χ0v) is 23.4. The van der Waals surface area contributed by atoms with Crippen LogP contribution in [-0.4, -0.2) is 49.7 Å². The minimum absolute atomic E-state index is 0. The molecule has 0 spiro atoms. The molecule has 4 heterocycles. The number of anilines is 1. The highest BCUT2D eigenvalue weighted by atomic mass is 35.5. The van der Waals surface area contributed by atoms with E-state index in [1.165, 1.54) is 50.5 Å². The fourth-order valence-corrected chi connectivity index (χ4v) is 6.46. The Balaban J connectivity index is 0.00000160. The van der Waals surface area contributed by atoms with E-state index in [0.29, 0.717) is 19.0 Å². The highest BCUT2D eigenvalue weighted by Crippen LogP contribution is 2.37. The van der Waals surface area contributed by atoms with Crippen molar-refractivity contribution >= 4 is 30.6 Å². The molecular weight excluding hydrogens is 507 g/mol. The SMILES string of the molecule is CCCn1c2nc(C3CCCC3)nc-2c2n(c1=O)CC(CN1CCC(Cc3ccccc3)CC1)N2.Cl.Cl. The summed E-state index contributed by atoms with van der Waals surface area (Å²) in [5.74, 6) is 3.83. The minimum Gasteiger partial charge on any atom is -0.364 e. The van der Waals surface area contributed by atoms with E-state index in [2.05, 4.69) is 47.5 Å². The smallest absolute Gasteiger partial charge is 0.331 e. The first-order chi connectivity index (χ1) is 17.2. The third-order valence-corrected chi connectivity index (χ3v) is 8.33. The van der Waals surface area contributed by atoms with Crippen LogP contribution in [0.25, 0.3) is 11.5 Å². The Hall–Kier alpha value is -2.09. The molecule has 1 atom stereocenters. The van der Waals surface area contributed by atoms with Gasteiger partial charge in [0.25, 0.3) is 0 Å². The van der Waals surface area contributed by atoms with Crippen LogP contribution in [0.2, 0.25) is 0 Å². The Morgan fingerprint density at radius 1 is 1.00 bits per heavy atom. The van der Waals surface area contributed by atoms with Crippen LogP contribution >= 0.6 is 24.8 Å². The van der Waals surface area contributed by atoms with Gasteiger partial charge in [0.2, 0.25) is 0 Å². The van der Waals surface area contributed by atoms with E-state index in [4.69, 9.17) is 9.97 Å². The Bertz CT molecular complexity index is 1180. The molecule has 1 saturated carbocycles. The van der Waals surface area contributed by atoms with E-state index < -0.39 is 0 Å². The van der Waals surface area contributed by atoms with Gasteiger partial charge in [-0.1, -0.05) is 50.1 Å². The summed E-state index contributed by atoms with van der Waals surface area (Å²) in [6.45, 7) is 6.76. The summed E-state index contributed by atoms with van der Waals surface area (Å²) in [7, 11) is 0. The van der Waals surface area contributed by atoms with Crippen LogP contribution in [0.1, 0.15) is 69.2 Å². The number of benzene rings is 1. The fraction of sp³-hybridized carbons (Fsp3) is 0.607. The maximum absolute atomic E-state index is 13.5. The summed E-state index contributed by atoms with van der Waals surface area (Å²) in [5.41, 5.74) is 2.41. The van der Waals surface area contributed by atoms with Crippen molar-refractivity contribution in [2.75, 3.05) is 25.0 Å². The highest BCUT2D eigenvalue weighted by molar-refractivity contribution is 5.85. The van der Waals surface area contributed by atoms with Crippen molar-refractivity contribution in [2.24, 2.45) is 5.92 Å². The molecule has 1 aromatic carbocycles. The monoisotopic (exact) mass is 546 g/mol. The number of aromatic nitrogens is 4. The van der Waals surface area contributed by atoms with Crippen LogP contribution in [0, 0.1) is 5.92 Å². The lowest BCUT2D eigenvalue weighted by molar-refractivity contribution is 0.176. The number of nitrogens with one attached hydrogen (secondary N) is 1. The zero-order valence-electron chi connectivity index (χ0n) is 21.8. The van der Waals surface area contributed by atoms with Crippen molar-refractivity contribution in [3.63, 3.8) is 0 Å². The van der Waals surface area contributed by atoms with Gasteiger partial charge in [0.05, 0.1) is 12.6 Å². The maximum Gasteiger partial charge on any atom is 0.331 e. The van der Waals surface area contributed by atoms with Crippen molar-refractivity contribution in [3.8, 4) is 11.5 Å². The van der Waals surface area contributed by atoms with Crippen molar-refractivity contribution in [1.82, 2.24) is 24.0 Å². The Kier molecular flexibility index (Phi) is 9.20. The molecule has 1 unspecified atom stereocenters. The van der Waals surface area contributed by atoms with E-state index >= 15 is 0 Å². The second-order valence-corrected chi connectivity index (χ2v) is 10.9. The maximum atomic E-state index is 13.5. The van der Waals surface area contributed by atoms with Gasteiger partial charge < -0.3 is 10.2 Å². The van der Waals surface area contributed by atoms with Gasteiger partial charge in [0.1, 0.15) is 17.3 Å². The van der Waals surface area contributed by atoms with Gasteiger partial charge in [-0.3, -0.25) is 9.13 Å². The first-order valence-corrected chi connectivity index (χ1v) is 13.7. The quantitative estimate of drug-likeness (QED) is 0.440. The lowest BCUT2D eigenvalue weighted by Crippen LogP contribution is -2.41. The van der Waals surface area contributed by atoms with Crippen molar-refractivity contribution < 1.29 is 0 Å². The van der Waals surface area contributed by atoms with Crippen LogP contribution in [0.3, 0.4) is 0 Å². The molecule has 37 heavy (non-hydrogen) atoms. The van der Waals surface area contributed by atoms with E-state index in [9.17, 15) is 4.79 Å². The Labute approximate surface area is 232 Å². The lowest BCUT2D eigenvalue weighted by Gasteiger charge is -2.33. The number of imidazole rings is 1. The van der Waals surface area contributed by atoms with Crippen molar-refractivity contribution in [2.45, 2.75) is 83.3 Å². The fourth-order valence-electron chi connectivity index (χ4n) is 6.46. The summed E-state index contributed by atoms with van der Waals surface area (Å²) in [4.78, 5) is 26.0. The lowest BCUT2D eigenvalue weighted by atomic mass is 9.90. The number of hydrogen-bond donors (Lipinski definition) is 1. The van der Waals surface area contributed by atoms with Crippen LogP contribution in [0.4, 0.5) is 5.82 Å². The van der Waals surface area contributed by atoms with Crippen LogP contribution in [0.15, 0.2) is 35.1 Å². The first kappa shape index (κ1) is 27.9. The van der Waals surface area contributed by atoms with E-state index in [1.807, 2.05) is 9.13 Å². The second-order valence-electron chi connectivity index (χ2n) is 10.9. The molecule has 202 valence electrons. The standard InChI is InChI=1S/C28H38N6O.2ClH/c1-2-14-33-27-24(30-25(31-27)22-10-6-7-11-22)26-29-23(19-34(26)28(33)35)18-32-15-12-21(13-16-32)17-20-8-4-3-5-9-20;;/h3-5,8-9,21-23,29H,2,6-7,10-19H2,1H3;2*1H. The summed E-state index contributed by atoms with van der Waals surface area (Å²) in [5, 5.41) is 3.70. The number of piperidine rings is 1. The summed E-state index contributed by atoms with van der Waals surface area (Å²) in [6.07, 6.45) is 9.43. The third-order valence-electron chi connectivity index (χ3n) is 8.33. The molecule has 2 fully saturated rings. The Morgan fingerprint density at radius 3 is 2.43 bits per heavy atom. The van der Waals surface area contributed by atoms with E-state index in [0.717, 1.165) is 55.1 Å². The molecule has 9 heteroatoms. The van der Waals surface area contributed by atoms with Crippen LogP contribution in [0.5, 0.6) is 0 Å². The molecule has 4 aliphatic heterocycles. The predicted octanol–water partition coefficient (Wildman–Crippen LogP) is 5.20. The highest BCUT2D eigenvalue weighted by Gasteiger charge is 2.34. The molecule has 7 nitrogen and oxygen atoms in total. The van der Waals surface area contributed by atoms with Gasteiger partial charge in [0, 0.05) is 19.0 Å². The molecule has 0 radical (unpaired) electrons. The molecular formula is C28H40Cl2N6O. The minimum atomic E-state index is 0. The third kappa shape index (κ3) is 5.69. The molecule has 0 aromatic heterocycles. The summed E-state index contributed by atoms with van der Waals surface area (Å²) < 4.78 is 3.79. The Morgan fingerprint density at radius 2 is 1.73 bits per heavy atom. The normalized spacial score (nSPS) is 20.4. The van der Waals surface area contributed by atoms with E-state index in [1.54, 1.807) is 0 Å². The molecule has 6 rings (SSSR count). The molecule has 0 bridgehead atoms. The number of rotatable bonds is 7. The first-order valence-electron chi connectivity index (χ1n) is 13.7. The van der Waals surface area contributed by atoms with Gasteiger partial charge in [-0.2, -0.15) is 0 Å².